The summed E-state index contributed by atoms with van der Waals surface area (Å²) in [6.45, 7) is 1.04. The molecule has 1 aliphatic rings. The molecule has 0 spiro atoms. The van der Waals surface area contributed by atoms with E-state index in [1.165, 1.54) is 43.8 Å². The number of alkyl halides is 3. The second-order valence-electron chi connectivity index (χ2n) is 8.73. The summed E-state index contributed by atoms with van der Waals surface area (Å²) < 4.78 is 71.3. The fraction of sp³-hybridized carbons (Fsp3) is 0.348. The van der Waals surface area contributed by atoms with Crippen LogP contribution in [0.25, 0.3) is 0 Å². The molecule has 3 aromatic rings. The summed E-state index contributed by atoms with van der Waals surface area (Å²) in [6, 6.07) is 5.56. The molecule has 0 radical (unpaired) electrons. The number of aromatic nitrogens is 4. The topological polar surface area (TPSA) is 160 Å². The first-order chi connectivity index (χ1) is 17.7. The molecule has 2 aromatic heterocycles. The molecular weight excluding hydrogens is 529 g/mol. The van der Waals surface area contributed by atoms with Gasteiger partial charge in [-0.25, -0.2) is 19.0 Å². The predicted octanol–water partition coefficient (Wildman–Crippen LogP) is 4.05. The van der Waals surface area contributed by atoms with Crippen molar-refractivity contribution >= 4 is 21.3 Å². The third-order valence-electron chi connectivity index (χ3n) is 5.98. The normalized spacial score (nSPS) is 16.2. The average molecular weight is 553 g/mol. The predicted molar refractivity (Wildman–Crippen MR) is 128 cm³/mol. The summed E-state index contributed by atoms with van der Waals surface area (Å²) in [5.74, 6) is -2.14. The summed E-state index contributed by atoms with van der Waals surface area (Å²) in [5.41, 5.74) is -3.39. The summed E-state index contributed by atoms with van der Waals surface area (Å²) in [4.78, 5) is 21.6. The van der Waals surface area contributed by atoms with E-state index in [0.29, 0.717) is 12.8 Å². The Labute approximate surface area is 215 Å². The number of carbonyl (C=O) groups excluding carboxylic acids is 1. The first kappa shape index (κ1) is 27.2. The maximum absolute atomic E-state index is 13.6. The number of amides is 1. The molecule has 38 heavy (non-hydrogen) atoms. The molecular formula is C23H23F3N6O5S. The number of benzene rings is 1. The molecule has 1 unspecified atom stereocenters. The van der Waals surface area contributed by atoms with Crippen LogP contribution in [0.5, 0.6) is 17.6 Å². The van der Waals surface area contributed by atoms with Crippen molar-refractivity contribution in [1.29, 1.82) is 4.78 Å². The Bertz CT molecular complexity index is 1510. The number of carbonyl (C=O) groups is 1. The lowest BCUT2D eigenvalue weighted by molar-refractivity contribution is -0.142. The molecule has 0 aliphatic heterocycles. The van der Waals surface area contributed by atoms with Crippen LogP contribution in [0.15, 0.2) is 35.4 Å². The van der Waals surface area contributed by atoms with Gasteiger partial charge >= 0.3 is 6.18 Å². The minimum absolute atomic E-state index is 0.0838. The number of rotatable bonds is 7. The van der Waals surface area contributed by atoms with E-state index in [1.807, 2.05) is 0 Å². The third kappa shape index (κ3) is 5.38. The van der Waals surface area contributed by atoms with E-state index in [-0.39, 0.29) is 28.0 Å². The average Bonchev–Trinajstić information content (AvgIpc) is 2.81. The van der Waals surface area contributed by atoms with Crippen LogP contribution in [-0.2, 0) is 21.5 Å². The number of ether oxygens (including phenoxy) is 2. The minimum Gasteiger partial charge on any atom is -0.477 e. The second-order valence-corrected chi connectivity index (χ2v) is 10.9. The van der Waals surface area contributed by atoms with E-state index in [9.17, 15) is 27.3 Å². The monoisotopic (exact) mass is 552 g/mol. The third-order valence-corrected chi connectivity index (χ3v) is 7.13. The molecule has 1 fully saturated rings. The van der Waals surface area contributed by atoms with Crippen molar-refractivity contribution in [1.82, 2.24) is 20.2 Å². The molecule has 1 amide bonds. The highest BCUT2D eigenvalue weighted by Gasteiger charge is 2.40. The molecule has 3 N–H and O–H groups in total. The van der Waals surface area contributed by atoms with Crippen molar-refractivity contribution < 1.29 is 36.8 Å². The smallest absolute Gasteiger partial charge is 0.435 e. The maximum atomic E-state index is 13.6. The summed E-state index contributed by atoms with van der Waals surface area (Å²) >= 11 is 0. The number of hydrogen-bond acceptors (Lipinski definition) is 10. The lowest BCUT2D eigenvalue weighted by Gasteiger charge is -2.35. The van der Waals surface area contributed by atoms with Crippen LogP contribution in [0.4, 0.5) is 18.9 Å². The van der Waals surface area contributed by atoms with E-state index >= 15 is 0 Å². The van der Waals surface area contributed by atoms with Gasteiger partial charge in [-0.1, -0.05) is 6.07 Å². The molecule has 202 valence electrons. The Hall–Kier alpha value is -3.85. The van der Waals surface area contributed by atoms with E-state index in [4.69, 9.17) is 14.3 Å². The summed E-state index contributed by atoms with van der Waals surface area (Å²) in [6.07, 6.45) is -0.718. The highest BCUT2D eigenvalue weighted by molar-refractivity contribution is 7.91. The Morgan fingerprint density at radius 1 is 1.21 bits per heavy atom. The van der Waals surface area contributed by atoms with Crippen LogP contribution < -0.4 is 14.8 Å². The Balaban J connectivity index is 1.75. The zero-order valence-electron chi connectivity index (χ0n) is 20.4. The number of nitrogens with one attached hydrogen (secondary N) is 2. The van der Waals surface area contributed by atoms with Gasteiger partial charge in [0.2, 0.25) is 0 Å². The fourth-order valence-corrected chi connectivity index (χ4v) is 4.45. The number of anilines is 1. The number of aliphatic hydroxyl groups is 1. The van der Waals surface area contributed by atoms with Gasteiger partial charge in [-0.05, 0) is 49.9 Å². The summed E-state index contributed by atoms with van der Waals surface area (Å²) in [7, 11) is -1.86. The van der Waals surface area contributed by atoms with Gasteiger partial charge in [0, 0.05) is 16.8 Å². The molecule has 0 saturated heterocycles. The first-order valence-corrected chi connectivity index (χ1v) is 13.1. The Morgan fingerprint density at radius 2 is 1.92 bits per heavy atom. The highest BCUT2D eigenvalue weighted by Crippen LogP contribution is 2.42. The van der Waals surface area contributed by atoms with Crippen molar-refractivity contribution in [2.24, 2.45) is 0 Å². The number of halogens is 3. The maximum Gasteiger partial charge on any atom is 0.435 e. The van der Waals surface area contributed by atoms with Gasteiger partial charge in [0.25, 0.3) is 23.5 Å². The number of methoxy groups -OCH3 is 1. The second kappa shape index (κ2) is 9.79. The molecule has 15 heteroatoms. The van der Waals surface area contributed by atoms with Gasteiger partial charge in [0.05, 0.1) is 28.7 Å². The quantitative estimate of drug-likeness (QED) is 0.393. The van der Waals surface area contributed by atoms with Crippen molar-refractivity contribution in [3.8, 4) is 17.6 Å². The zero-order valence-corrected chi connectivity index (χ0v) is 21.2. The number of nitrogens with zero attached hydrogens (tertiary/aromatic N) is 4. The van der Waals surface area contributed by atoms with E-state index in [0.717, 1.165) is 13.3 Å². The van der Waals surface area contributed by atoms with Gasteiger partial charge < -0.3 is 19.9 Å². The molecule has 0 bridgehead atoms. The molecule has 2 heterocycles. The van der Waals surface area contributed by atoms with Crippen molar-refractivity contribution in [3.05, 3.63) is 53.0 Å². The summed E-state index contributed by atoms with van der Waals surface area (Å²) in [5, 5.41) is 19.7. The standard InChI is InChI=1S/C23H23F3N6O5S/c1-12-16(18(33)29-13-6-4-7-14(10-13)38(3,27)35)19(32-31-17(12)23(24,25)26)37-20-21(36-2)30-15(11-28-20)22(34)8-5-9-22/h4,6-7,10-11,27,34H,5,8-9H2,1-3H3,(H,29,33). The van der Waals surface area contributed by atoms with E-state index in [2.05, 4.69) is 25.5 Å². The fourth-order valence-electron chi connectivity index (χ4n) is 3.76. The van der Waals surface area contributed by atoms with Crippen LogP contribution in [-0.4, -0.2) is 48.8 Å². The Morgan fingerprint density at radius 3 is 2.50 bits per heavy atom. The highest BCUT2D eigenvalue weighted by atomic mass is 32.2. The van der Waals surface area contributed by atoms with Crippen LogP contribution in [0.3, 0.4) is 0 Å². The SMILES string of the molecule is COc1nc(C2(O)CCC2)cnc1Oc1nnc(C(F)(F)F)c(C)c1C(=O)Nc1cccc(S(C)(=N)=O)c1. The van der Waals surface area contributed by atoms with Crippen molar-refractivity contribution in [3.63, 3.8) is 0 Å². The van der Waals surface area contributed by atoms with Gasteiger partial charge in [-0.2, -0.15) is 13.2 Å². The van der Waals surface area contributed by atoms with Gasteiger partial charge in [-0.3, -0.25) is 4.79 Å². The number of hydrogen-bond donors (Lipinski definition) is 3. The molecule has 1 aromatic carbocycles. The molecule has 11 nitrogen and oxygen atoms in total. The van der Waals surface area contributed by atoms with Crippen LogP contribution in [0, 0.1) is 11.7 Å². The lowest BCUT2D eigenvalue weighted by Crippen LogP contribution is -2.34. The Kier molecular flexibility index (Phi) is 7.01. The van der Waals surface area contributed by atoms with Gasteiger partial charge in [-0.15, -0.1) is 10.2 Å². The first-order valence-electron chi connectivity index (χ1n) is 11.1. The lowest BCUT2D eigenvalue weighted by atomic mass is 9.78. The van der Waals surface area contributed by atoms with E-state index < -0.39 is 50.1 Å². The van der Waals surface area contributed by atoms with Crippen LogP contribution in [0.2, 0.25) is 0 Å². The minimum atomic E-state index is -4.92. The van der Waals surface area contributed by atoms with Gasteiger partial charge in [0.1, 0.15) is 11.2 Å². The van der Waals surface area contributed by atoms with Crippen LogP contribution >= 0.6 is 0 Å². The molecule has 4 rings (SSSR count). The largest absolute Gasteiger partial charge is 0.477 e. The van der Waals surface area contributed by atoms with Crippen molar-refractivity contribution in [2.75, 3.05) is 18.7 Å². The molecule has 1 saturated carbocycles. The molecule has 1 aliphatic carbocycles. The molecule has 1 atom stereocenters. The van der Waals surface area contributed by atoms with Crippen LogP contribution in [0.1, 0.15) is 46.6 Å². The van der Waals surface area contributed by atoms with Gasteiger partial charge in [0.15, 0.2) is 5.69 Å². The van der Waals surface area contributed by atoms with E-state index in [1.54, 1.807) is 0 Å². The zero-order chi connectivity index (χ0) is 27.9. The van der Waals surface area contributed by atoms with Crippen molar-refractivity contribution in [2.45, 2.75) is 42.9 Å².